The van der Waals surface area contributed by atoms with E-state index in [0.29, 0.717) is 39.0 Å². The molecular weight excluding hydrogens is 260 g/mol. The van der Waals surface area contributed by atoms with Crippen molar-refractivity contribution in [1.82, 2.24) is 20.0 Å². The lowest BCUT2D eigenvalue weighted by Crippen LogP contribution is -2.57. The van der Waals surface area contributed by atoms with Gasteiger partial charge in [-0.3, -0.25) is 9.69 Å². The Morgan fingerprint density at radius 2 is 1.80 bits per heavy atom. The van der Waals surface area contributed by atoms with Gasteiger partial charge in [0.1, 0.15) is 5.54 Å². The number of likely N-dealkylation sites (N-methyl/N-ethyl adjacent to an activating group) is 1. The summed E-state index contributed by atoms with van der Waals surface area (Å²) < 4.78 is 0. The summed E-state index contributed by atoms with van der Waals surface area (Å²) in [5.41, 5.74) is -0.800. The molecule has 2 aliphatic heterocycles. The van der Waals surface area contributed by atoms with Crippen molar-refractivity contribution in [2.75, 3.05) is 33.2 Å². The van der Waals surface area contributed by atoms with Crippen LogP contribution in [0.1, 0.15) is 26.7 Å². The number of rotatable bonds is 2. The molecule has 20 heavy (non-hydrogen) atoms. The second-order valence-electron chi connectivity index (χ2n) is 5.32. The molecule has 0 bridgehead atoms. The maximum absolute atomic E-state index is 12.2. The quantitative estimate of drug-likeness (QED) is 0.748. The van der Waals surface area contributed by atoms with E-state index in [-0.39, 0.29) is 18.0 Å². The summed E-state index contributed by atoms with van der Waals surface area (Å²) in [4.78, 5) is 40.6. The third-order valence-corrected chi connectivity index (χ3v) is 4.29. The highest BCUT2D eigenvalue weighted by Crippen LogP contribution is 2.29. The van der Waals surface area contributed by atoms with E-state index in [0.717, 1.165) is 4.90 Å². The average molecular weight is 282 g/mol. The minimum absolute atomic E-state index is 0.00924. The summed E-state index contributed by atoms with van der Waals surface area (Å²) in [6, 6.07) is -0.339. The molecule has 2 fully saturated rings. The first-order valence-corrected chi connectivity index (χ1v) is 7.09. The van der Waals surface area contributed by atoms with Gasteiger partial charge in [0.25, 0.3) is 5.91 Å². The second kappa shape index (κ2) is 5.30. The third-order valence-electron chi connectivity index (χ3n) is 4.29. The van der Waals surface area contributed by atoms with Crippen molar-refractivity contribution in [2.45, 2.75) is 32.2 Å². The summed E-state index contributed by atoms with van der Waals surface area (Å²) >= 11 is 0. The van der Waals surface area contributed by atoms with E-state index in [4.69, 9.17) is 0 Å². The number of amides is 5. The number of imide groups is 1. The first kappa shape index (κ1) is 14.6. The second-order valence-corrected chi connectivity index (χ2v) is 5.32. The topological polar surface area (TPSA) is 73.0 Å². The molecule has 7 heteroatoms. The molecule has 0 aromatic rings. The lowest BCUT2D eigenvalue weighted by molar-refractivity contribution is -0.131. The minimum atomic E-state index is -0.800. The van der Waals surface area contributed by atoms with Crippen molar-refractivity contribution in [3.63, 3.8) is 0 Å². The number of hydrogen-bond donors (Lipinski definition) is 1. The Balaban J connectivity index is 2.01. The van der Waals surface area contributed by atoms with Crippen molar-refractivity contribution >= 4 is 18.0 Å². The Morgan fingerprint density at radius 3 is 2.20 bits per heavy atom. The first-order chi connectivity index (χ1) is 9.45. The summed E-state index contributed by atoms with van der Waals surface area (Å²) in [6.45, 7) is 6.24. The van der Waals surface area contributed by atoms with Crippen LogP contribution >= 0.6 is 0 Å². The van der Waals surface area contributed by atoms with Crippen molar-refractivity contribution < 1.29 is 14.4 Å². The molecule has 1 spiro atoms. The SMILES string of the molecule is CCN(CC)C(=O)N1CCC2(CC1)NC(=O)N(C)C2=O. The fourth-order valence-electron chi connectivity index (χ4n) is 2.87. The fourth-order valence-corrected chi connectivity index (χ4v) is 2.87. The van der Waals surface area contributed by atoms with Gasteiger partial charge in [0.05, 0.1) is 0 Å². The maximum atomic E-state index is 12.2. The molecule has 1 N–H and O–H groups in total. The predicted molar refractivity (Wildman–Crippen MR) is 73.2 cm³/mol. The van der Waals surface area contributed by atoms with Crippen LogP contribution in [-0.4, -0.2) is 71.4 Å². The molecule has 0 radical (unpaired) electrons. The minimum Gasteiger partial charge on any atom is -0.325 e. The van der Waals surface area contributed by atoms with E-state index in [9.17, 15) is 14.4 Å². The lowest BCUT2D eigenvalue weighted by Gasteiger charge is -2.39. The van der Waals surface area contributed by atoms with Gasteiger partial charge in [-0.25, -0.2) is 9.59 Å². The first-order valence-electron chi connectivity index (χ1n) is 7.09. The number of nitrogens with zero attached hydrogens (tertiary/aromatic N) is 3. The van der Waals surface area contributed by atoms with Crippen LogP contribution in [0.2, 0.25) is 0 Å². The smallest absolute Gasteiger partial charge is 0.324 e. The Bertz CT molecular complexity index is 425. The van der Waals surface area contributed by atoms with E-state index < -0.39 is 5.54 Å². The van der Waals surface area contributed by atoms with Gasteiger partial charge in [-0.15, -0.1) is 0 Å². The van der Waals surface area contributed by atoms with E-state index in [1.807, 2.05) is 13.8 Å². The van der Waals surface area contributed by atoms with Gasteiger partial charge in [0.2, 0.25) is 0 Å². The number of piperidine rings is 1. The number of hydrogen-bond acceptors (Lipinski definition) is 3. The molecule has 7 nitrogen and oxygen atoms in total. The van der Waals surface area contributed by atoms with E-state index >= 15 is 0 Å². The van der Waals surface area contributed by atoms with Gasteiger partial charge < -0.3 is 15.1 Å². The largest absolute Gasteiger partial charge is 0.325 e. The number of nitrogens with one attached hydrogen (secondary N) is 1. The van der Waals surface area contributed by atoms with E-state index in [1.165, 1.54) is 7.05 Å². The number of carbonyl (C=O) groups is 3. The van der Waals surface area contributed by atoms with Gasteiger partial charge in [-0.2, -0.15) is 0 Å². The zero-order valence-corrected chi connectivity index (χ0v) is 12.3. The zero-order valence-electron chi connectivity index (χ0n) is 12.3. The van der Waals surface area contributed by atoms with Crippen LogP contribution in [0.5, 0.6) is 0 Å². The van der Waals surface area contributed by atoms with Crippen LogP contribution in [0.3, 0.4) is 0 Å². The molecule has 0 atom stereocenters. The van der Waals surface area contributed by atoms with Crippen molar-refractivity contribution in [2.24, 2.45) is 0 Å². The van der Waals surface area contributed by atoms with E-state index in [2.05, 4.69) is 5.32 Å². The summed E-state index contributed by atoms with van der Waals surface area (Å²) in [6.07, 6.45) is 0.962. The molecule has 5 amide bonds. The Morgan fingerprint density at radius 1 is 1.25 bits per heavy atom. The van der Waals surface area contributed by atoms with Crippen LogP contribution < -0.4 is 5.32 Å². The molecular formula is C13H22N4O3. The zero-order chi connectivity index (χ0) is 14.9. The summed E-state index contributed by atoms with van der Waals surface area (Å²) in [5, 5.41) is 2.77. The number of likely N-dealkylation sites (tertiary alicyclic amines) is 1. The molecule has 2 aliphatic rings. The Hall–Kier alpha value is -1.79. The lowest BCUT2D eigenvalue weighted by atomic mass is 9.87. The van der Waals surface area contributed by atoms with Crippen LogP contribution in [0.4, 0.5) is 9.59 Å². The van der Waals surface area contributed by atoms with Crippen LogP contribution in [-0.2, 0) is 4.79 Å². The molecule has 0 aromatic heterocycles. The van der Waals surface area contributed by atoms with Gasteiger partial charge in [-0.1, -0.05) is 0 Å². The molecule has 0 aliphatic carbocycles. The van der Waals surface area contributed by atoms with Crippen molar-refractivity contribution in [3.8, 4) is 0 Å². The number of urea groups is 2. The number of carbonyl (C=O) groups excluding carboxylic acids is 3. The van der Waals surface area contributed by atoms with E-state index in [1.54, 1.807) is 9.80 Å². The highest BCUT2D eigenvalue weighted by molar-refractivity contribution is 6.06. The molecule has 2 heterocycles. The predicted octanol–water partition coefficient (Wildman–Crippen LogP) is 0.464. The van der Waals surface area contributed by atoms with Gasteiger partial charge in [0.15, 0.2) is 0 Å². The summed E-state index contributed by atoms with van der Waals surface area (Å²) in [5.74, 6) is -0.183. The maximum Gasteiger partial charge on any atom is 0.324 e. The van der Waals surface area contributed by atoms with Gasteiger partial charge in [-0.05, 0) is 26.7 Å². The van der Waals surface area contributed by atoms with Crippen molar-refractivity contribution in [1.29, 1.82) is 0 Å². The van der Waals surface area contributed by atoms with Gasteiger partial charge >= 0.3 is 12.1 Å². The molecule has 0 unspecified atom stereocenters. The van der Waals surface area contributed by atoms with Crippen LogP contribution in [0, 0.1) is 0 Å². The van der Waals surface area contributed by atoms with Crippen LogP contribution in [0.15, 0.2) is 0 Å². The summed E-state index contributed by atoms with van der Waals surface area (Å²) in [7, 11) is 1.49. The monoisotopic (exact) mass is 282 g/mol. The average Bonchev–Trinajstić information content (AvgIpc) is 2.66. The normalized spacial score (nSPS) is 21.4. The highest BCUT2D eigenvalue weighted by atomic mass is 16.2. The Labute approximate surface area is 118 Å². The molecule has 2 saturated heterocycles. The van der Waals surface area contributed by atoms with Gasteiger partial charge in [0, 0.05) is 33.2 Å². The standard InChI is InChI=1S/C13H22N4O3/c1-4-16(5-2)12(20)17-8-6-13(7-9-17)10(18)15(3)11(19)14-13/h4-9H2,1-3H3,(H,14,19). The highest BCUT2D eigenvalue weighted by Gasteiger charge is 2.51. The molecule has 112 valence electrons. The molecule has 0 saturated carbocycles. The molecule has 0 aromatic carbocycles. The van der Waals surface area contributed by atoms with Crippen molar-refractivity contribution in [3.05, 3.63) is 0 Å². The third kappa shape index (κ3) is 2.21. The fraction of sp³-hybridized carbons (Fsp3) is 0.769. The van der Waals surface area contributed by atoms with Crippen LogP contribution in [0.25, 0.3) is 0 Å². The Kier molecular flexibility index (Phi) is 3.87. The molecule has 2 rings (SSSR count).